The molecule has 2 aromatic carbocycles. The molecule has 2 aromatic rings. The molecule has 0 aromatic heterocycles. The highest BCUT2D eigenvalue weighted by molar-refractivity contribution is 6.30. The summed E-state index contributed by atoms with van der Waals surface area (Å²) in [5.74, 6) is 2.02. The van der Waals surface area contributed by atoms with Gasteiger partial charge in [0.2, 0.25) is 0 Å². The molecule has 1 unspecified atom stereocenters. The summed E-state index contributed by atoms with van der Waals surface area (Å²) in [6, 6.07) is 13.1. The van der Waals surface area contributed by atoms with Crippen LogP contribution >= 0.6 is 24.0 Å². The van der Waals surface area contributed by atoms with Crippen molar-refractivity contribution in [1.82, 2.24) is 5.32 Å². The molecule has 5 nitrogen and oxygen atoms in total. The van der Waals surface area contributed by atoms with E-state index in [2.05, 4.69) is 19.2 Å². The van der Waals surface area contributed by atoms with Crippen molar-refractivity contribution in [1.29, 1.82) is 0 Å². The lowest BCUT2D eigenvalue weighted by molar-refractivity contribution is 0.0987. The standard InChI is InChI=1S/C21H28ClNO4.ClH/c1-21(2,12-15-5-7-18(25-3)8-6-15)23-13-17(24)14-27-20-10-16(22)9-19(11-20)26-4;/h5-11,17,23-24H,12-14H2,1-4H3;1H. The summed E-state index contributed by atoms with van der Waals surface area (Å²) in [6.45, 7) is 4.79. The van der Waals surface area contributed by atoms with Crippen LogP contribution in [0.5, 0.6) is 17.2 Å². The van der Waals surface area contributed by atoms with Gasteiger partial charge >= 0.3 is 0 Å². The maximum atomic E-state index is 10.2. The van der Waals surface area contributed by atoms with E-state index in [1.54, 1.807) is 32.4 Å². The first-order chi connectivity index (χ1) is 12.8. The van der Waals surface area contributed by atoms with E-state index < -0.39 is 6.10 Å². The Labute approximate surface area is 178 Å². The molecule has 0 bridgehead atoms. The van der Waals surface area contributed by atoms with Gasteiger partial charge in [-0.15, -0.1) is 12.4 Å². The van der Waals surface area contributed by atoms with Gasteiger partial charge in [0.1, 0.15) is 30.0 Å². The molecule has 0 fully saturated rings. The van der Waals surface area contributed by atoms with Crippen LogP contribution in [0.15, 0.2) is 42.5 Å². The van der Waals surface area contributed by atoms with Crippen molar-refractivity contribution >= 4 is 24.0 Å². The van der Waals surface area contributed by atoms with Crippen LogP contribution in [0.3, 0.4) is 0 Å². The summed E-state index contributed by atoms with van der Waals surface area (Å²) in [5, 5.41) is 14.2. The van der Waals surface area contributed by atoms with Crippen LogP contribution in [0.25, 0.3) is 0 Å². The van der Waals surface area contributed by atoms with E-state index in [1.807, 2.05) is 24.3 Å². The first kappa shape index (κ1) is 24.4. The highest BCUT2D eigenvalue weighted by atomic mass is 35.5. The van der Waals surface area contributed by atoms with Crippen molar-refractivity contribution < 1.29 is 19.3 Å². The van der Waals surface area contributed by atoms with Gasteiger partial charge < -0.3 is 24.6 Å². The summed E-state index contributed by atoms with van der Waals surface area (Å²) in [5.41, 5.74) is 1.03. The van der Waals surface area contributed by atoms with Crippen LogP contribution in [0.1, 0.15) is 19.4 Å². The highest BCUT2D eigenvalue weighted by Gasteiger charge is 2.19. The van der Waals surface area contributed by atoms with Gasteiger partial charge in [-0.2, -0.15) is 0 Å². The molecule has 0 heterocycles. The van der Waals surface area contributed by atoms with Gasteiger partial charge in [0, 0.05) is 23.2 Å². The smallest absolute Gasteiger partial charge is 0.124 e. The van der Waals surface area contributed by atoms with Crippen LogP contribution in [0.4, 0.5) is 0 Å². The van der Waals surface area contributed by atoms with Gasteiger partial charge in [-0.1, -0.05) is 23.7 Å². The fraction of sp³-hybridized carbons (Fsp3) is 0.429. The van der Waals surface area contributed by atoms with Crippen molar-refractivity contribution in [2.45, 2.75) is 31.9 Å². The largest absolute Gasteiger partial charge is 0.497 e. The fourth-order valence-electron chi connectivity index (χ4n) is 2.70. The minimum Gasteiger partial charge on any atom is -0.497 e. The molecular formula is C21H29Cl2NO4. The zero-order valence-corrected chi connectivity index (χ0v) is 18.3. The Morgan fingerprint density at radius 2 is 1.61 bits per heavy atom. The molecule has 0 aliphatic carbocycles. The molecule has 1 atom stereocenters. The lowest BCUT2D eigenvalue weighted by Gasteiger charge is -2.28. The predicted octanol–water partition coefficient (Wildman–Crippen LogP) is 4.13. The fourth-order valence-corrected chi connectivity index (χ4v) is 2.91. The Morgan fingerprint density at radius 3 is 2.21 bits per heavy atom. The number of halogens is 2. The number of nitrogens with one attached hydrogen (secondary N) is 1. The Morgan fingerprint density at radius 1 is 1.00 bits per heavy atom. The lowest BCUT2D eigenvalue weighted by atomic mass is 9.94. The highest BCUT2D eigenvalue weighted by Crippen LogP contribution is 2.25. The number of benzene rings is 2. The van der Waals surface area contributed by atoms with Crippen LogP contribution in [0, 0.1) is 0 Å². The normalized spacial score (nSPS) is 12.1. The number of methoxy groups -OCH3 is 2. The summed E-state index contributed by atoms with van der Waals surface area (Å²) < 4.78 is 16.0. The van der Waals surface area contributed by atoms with E-state index in [-0.39, 0.29) is 24.6 Å². The monoisotopic (exact) mass is 429 g/mol. The Kier molecular flexibility index (Phi) is 9.90. The zero-order valence-electron chi connectivity index (χ0n) is 16.7. The molecule has 0 saturated carbocycles. The van der Waals surface area contributed by atoms with Crippen molar-refractivity contribution in [3.05, 3.63) is 53.1 Å². The maximum absolute atomic E-state index is 10.2. The quantitative estimate of drug-likeness (QED) is 0.594. The van der Waals surface area contributed by atoms with Gasteiger partial charge in [0.25, 0.3) is 0 Å². The molecular weight excluding hydrogens is 401 g/mol. The third kappa shape index (κ3) is 8.15. The third-order valence-electron chi connectivity index (χ3n) is 4.14. The number of hydrogen-bond acceptors (Lipinski definition) is 5. The number of ether oxygens (including phenoxy) is 3. The molecule has 2 rings (SSSR count). The summed E-state index contributed by atoms with van der Waals surface area (Å²) in [4.78, 5) is 0. The van der Waals surface area contributed by atoms with Crippen LogP contribution in [-0.2, 0) is 6.42 Å². The van der Waals surface area contributed by atoms with Crippen LogP contribution in [0.2, 0.25) is 5.02 Å². The molecule has 2 N–H and O–H groups in total. The number of hydrogen-bond donors (Lipinski definition) is 2. The lowest BCUT2D eigenvalue weighted by Crippen LogP contribution is -2.46. The van der Waals surface area contributed by atoms with E-state index in [0.717, 1.165) is 12.2 Å². The minimum absolute atomic E-state index is 0. The Balaban J connectivity index is 0.00000392. The Hall–Kier alpha value is -1.66. The molecule has 7 heteroatoms. The second-order valence-electron chi connectivity index (χ2n) is 7.08. The first-order valence-electron chi connectivity index (χ1n) is 8.85. The van der Waals surface area contributed by atoms with Gasteiger partial charge in [-0.25, -0.2) is 0 Å². The van der Waals surface area contributed by atoms with Crippen molar-refractivity contribution in [2.75, 3.05) is 27.4 Å². The van der Waals surface area contributed by atoms with E-state index in [9.17, 15) is 5.11 Å². The molecule has 0 radical (unpaired) electrons. The molecule has 0 aliphatic heterocycles. The van der Waals surface area contributed by atoms with Crippen molar-refractivity contribution in [3.8, 4) is 17.2 Å². The number of aliphatic hydroxyl groups is 1. The summed E-state index contributed by atoms with van der Waals surface area (Å²) >= 11 is 6.02. The zero-order chi connectivity index (χ0) is 19.9. The number of β-amino-alcohol motifs (C(OH)–C–C–N with tert-alkyl or cyclic N) is 1. The van der Waals surface area contributed by atoms with Gasteiger partial charge in [-0.3, -0.25) is 0 Å². The SMILES string of the molecule is COc1ccc(CC(C)(C)NCC(O)COc2cc(Cl)cc(OC)c2)cc1.Cl. The average molecular weight is 430 g/mol. The first-order valence-corrected chi connectivity index (χ1v) is 9.22. The van der Waals surface area contributed by atoms with Crippen LogP contribution < -0.4 is 19.5 Å². The van der Waals surface area contributed by atoms with Gasteiger partial charge in [0.15, 0.2) is 0 Å². The van der Waals surface area contributed by atoms with E-state index >= 15 is 0 Å². The van der Waals surface area contributed by atoms with E-state index in [4.69, 9.17) is 25.8 Å². The van der Waals surface area contributed by atoms with Crippen LogP contribution in [-0.4, -0.2) is 44.1 Å². The molecule has 0 aliphatic rings. The van der Waals surface area contributed by atoms with Crippen molar-refractivity contribution in [2.24, 2.45) is 0 Å². The van der Waals surface area contributed by atoms with Crippen molar-refractivity contribution in [3.63, 3.8) is 0 Å². The molecule has 0 amide bonds. The molecule has 0 spiro atoms. The molecule has 28 heavy (non-hydrogen) atoms. The molecule has 156 valence electrons. The topological polar surface area (TPSA) is 60.0 Å². The number of aliphatic hydroxyl groups excluding tert-OH is 1. The molecule has 0 saturated heterocycles. The maximum Gasteiger partial charge on any atom is 0.124 e. The van der Waals surface area contributed by atoms with Gasteiger partial charge in [-0.05, 0) is 50.1 Å². The second kappa shape index (κ2) is 11.4. The summed E-state index contributed by atoms with van der Waals surface area (Å²) in [6.07, 6.45) is 0.181. The summed E-state index contributed by atoms with van der Waals surface area (Å²) in [7, 11) is 3.22. The van der Waals surface area contributed by atoms with E-state index in [1.165, 1.54) is 5.56 Å². The second-order valence-corrected chi connectivity index (χ2v) is 7.52. The minimum atomic E-state index is -0.648. The van der Waals surface area contributed by atoms with Gasteiger partial charge in [0.05, 0.1) is 14.2 Å². The average Bonchev–Trinajstić information content (AvgIpc) is 2.64. The third-order valence-corrected chi connectivity index (χ3v) is 4.36. The number of rotatable bonds is 10. The van der Waals surface area contributed by atoms with E-state index in [0.29, 0.717) is 23.1 Å². The Bertz CT molecular complexity index is 723. The predicted molar refractivity (Wildman–Crippen MR) is 116 cm³/mol.